The number of hydrogen-bond acceptors (Lipinski definition) is 2. The lowest BCUT2D eigenvalue weighted by molar-refractivity contribution is 0.415. The van der Waals surface area contributed by atoms with Gasteiger partial charge in [0.2, 0.25) is 0 Å². The summed E-state index contributed by atoms with van der Waals surface area (Å²) in [7, 11) is 1.54. The molecular formula is C16H15Cl2NO. The maximum Gasteiger partial charge on any atom is 0.156 e. The van der Waals surface area contributed by atoms with Crippen LogP contribution in [-0.2, 0) is 0 Å². The van der Waals surface area contributed by atoms with Crippen LogP contribution in [-0.4, -0.2) is 13.3 Å². The summed E-state index contributed by atoms with van der Waals surface area (Å²) in [5.74, 6) is 0.483. The number of halogens is 2. The summed E-state index contributed by atoms with van der Waals surface area (Å²) in [4.78, 5) is 4.43. The standard InChI is InChI=1S/C16H15Cl2NO/c1-10-4-5-13(6-11(10)2)19-9-12-7-14(17)16(20-3)15(18)8-12/h4-9H,1-3H3. The van der Waals surface area contributed by atoms with Gasteiger partial charge in [0.1, 0.15) is 0 Å². The molecule has 0 radical (unpaired) electrons. The van der Waals surface area contributed by atoms with Gasteiger partial charge in [-0.3, -0.25) is 4.99 Å². The molecule has 0 unspecified atom stereocenters. The molecule has 0 saturated heterocycles. The van der Waals surface area contributed by atoms with Gasteiger partial charge in [-0.2, -0.15) is 0 Å². The number of aliphatic imine (C=N–C) groups is 1. The average Bonchev–Trinajstić information content (AvgIpc) is 2.40. The number of hydrogen-bond donors (Lipinski definition) is 0. The topological polar surface area (TPSA) is 21.6 Å². The molecule has 2 rings (SSSR count). The monoisotopic (exact) mass is 307 g/mol. The average molecular weight is 308 g/mol. The van der Waals surface area contributed by atoms with E-state index in [1.54, 1.807) is 18.3 Å². The molecule has 0 aromatic heterocycles. The van der Waals surface area contributed by atoms with Gasteiger partial charge in [0.25, 0.3) is 0 Å². The Labute approximate surface area is 129 Å². The molecular weight excluding hydrogens is 293 g/mol. The molecule has 0 N–H and O–H groups in total. The Bertz CT molecular complexity index is 643. The number of methoxy groups -OCH3 is 1. The molecule has 2 aromatic rings. The van der Waals surface area contributed by atoms with Gasteiger partial charge in [-0.1, -0.05) is 29.3 Å². The Morgan fingerprint density at radius 2 is 1.65 bits per heavy atom. The molecule has 104 valence electrons. The molecule has 0 bridgehead atoms. The fourth-order valence-corrected chi connectivity index (χ4v) is 2.46. The Morgan fingerprint density at radius 1 is 1.00 bits per heavy atom. The van der Waals surface area contributed by atoms with Gasteiger partial charge in [0.05, 0.1) is 22.8 Å². The molecule has 0 aliphatic rings. The summed E-state index contributed by atoms with van der Waals surface area (Å²) in [5, 5.41) is 0.947. The van der Waals surface area contributed by atoms with Crippen molar-refractivity contribution in [2.24, 2.45) is 4.99 Å². The second-order valence-electron chi connectivity index (χ2n) is 4.54. The van der Waals surface area contributed by atoms with Gasteiger partial charge < -0.3 is 4.74 Å². The minimum absolute atomic E-state index is 0.474. The van der Waals surface area contributed by atoms with E-state index in [-0.39, 0.29) is 0 Å². The quantitative estimate of drug-likeness (QED) is 0.699. The summed E-state index contributed by atoms with van der Waals surface area (Å²) in [6.45, 7) is 4.14. The highest BCUT2D eigenvalue weighted by Gasteiger charge is 2.07. The Hall–Kier alpha value is -1.51. The van der Waals surface area contributed by atoms with Crippen molar-refractivity contribution in [3.8, 4) is 5.75 Å². The van der Waals surface area contributed by atoms with Crippen molar-refractivity contribution >= 4 is 35.1 Å². The third kappa shape index (κ3) is 3.33. The van der Waals surface area contributed by atoms with Crippen molar-refractivity contribution in [3.05, 3.63) is 57.1 Å². The Kier molecular flexibility index (Phi) is 4.69. The van der Waals surface area contributed by atoms with Gasteiger partial charge in [-0.05, 0) is 54.8 Å². The maximum absolute atomic E-state index is 6.09. The van der Waals surface area contributed by atoms with Crippen molar-refractivity contribution in [2.75, 3.05) is 7.11 Å². The molecule has 0 amide bonds. The molecule has 0 fully saturated rings. The van der Waals surface area contributed by atoms with Crippen LogP contribution in [0.4, 0.5) is 5.69 Å². The molecule has 0 saturated carbocycles. The van der Waals surface area contributed by atoms with Crippen molar-refractivity contribution in [2.45, 2.75) is 13.8 Å². The second kappa shape index (κ2) is 6.29. The molecule has 0 spiro atoms. The zero-order valence-electron chi connectivity index (χ0n) is 11.6. The SMILES string of the molecule is COc1c(Cl)cc(C=Nc2ccc(C)c(C)c2)cc1Cl. The lowest BCUT2D eigenvalue weighted by Gasteiger charge is -2.06. The maximum atomic E-state index is 6.09. The van der Waals surface area contributed by atoms with Crippen LogP contribution in [0.5, 0.6) is 5.75 Å². The molecule has 0 aliphatic carbocycles. The molecule has 0 heterocycles. The second-order valence-corrected chi connectivity index (χ2v) is 5.36. The molecule has 2 nitrogen and oxygen atoms in total. The van der Waals surface area contributed by atoms with Crippen LogP contribution in [0.1, 0.15) is 16.7 Å². The molecule has 2 aromatic carbocycles. The van der Waals surface area contributed by atoms with Gasteiger partial charge >= 0.3 is 0 Å². The van der Waals surface area contributed by atoms with E-state index in [2.05, 4.69) is 24.9 Å². The normalized spacial score (nSPS) is 11.1. The van der Waals surface area contributed by atoms with E-state index in [9.17, 15) is 0 Å². The summed E-state index contributed by atoms with van der Waals surface area (Å²) in [6.07, 6.45) is 1.74. The third-order valence-electron chi connectivity index (χ3n) is 3.08. The molecule has 4 heteroatoms. The zero-order valence-corrected chi connectivity index (χ0v) is 13.1. The number of aryl methyl sites for hydroxylation is 2. The minimum Gasteiger partial charge on any atom is -0.494 e. The largest absolute Gasteiger partial charge is 0.494 e. The smallest absolute Gasteiger partial charge is 0.156 e. The van der Waals surface area contributed by atoms with E-state index in [1.807, 2.05) is 12.1 Å². The van der Waals surface area contributed by atoms with Crippen LogP contribution in [0.3, 0.4) is 0 Å². The van der Waals surface area contributed by atoms with Gasteiger partial charge in [0.15, 0.2) is 5.75 Å². The van der Waals surface area contributed by atoms with Crippen LogP contribution in [0, 0.1) is 13.8 Å². The zero-order chi connectivity index (χ0) is 14.7. The third-order valence-corrected chi connectivity index (χ3v) is 3.64. The van der Waals surface area contributed by atoms with Crippen molar-refractivity contribution in [1.82, 2.24) is 0 Å². The fraction of sp³-hybridized carbons (Fsp3) is 0.188. The Morgan fingerprint density at radius 3 is 2.20 bits per heavy atom. The van der Waals surface area contributed by atoms with Crippen LogP contribution in [0.15, 0.2) is 35.3 Å². The first-order chi connectivity index (χ1) is 9.51. The van der Waals surface area contributed by atoms with E-state index in [0.29, 0.717) is 15.8 Å². The summed E-state index contributed by atoms with van der Waals surface area (Å²) in [5.41, 5.74) is 4.19. The lowest BCUT2D eigenvalue weighted by atomic mass is 10.1. The number of benzene rings is 2. The highest BCUT2D eigenvalue weighted by molar-refractivity contribution is 6.37. The van der Waals surface area contributed by atoms with Gasteiger partial charge in [-0.25, -0.2) is 0 Å². The predicted molar refractivity (Wildman–Crippen MR) is 86.2 cm³/mol. The number of rotatable bonds is 3. The van der Waals surface area contributed by atoms with Gasteiger partial charge in [0, 0.05) is 6.21 Å². The summed E-state index contributed by atoms with van der Waals surface area (Å²) < 4.78 is 5.11. The lowest BCUT2D eigenvalue weighted by Crippen LogP contribution is -1.89. The van der Waals surface area contributed by atoms with Crippen LogP contribution < -0.4 is 4.74 Å². The molecule has 0 atom stereocenters. The summed E-state index contributed by atoms with van der Waals surface area (Å²) in [6, 6.07) is 9.62. The van der Waals surface area contributed by atoms with Crippen LogP contribution in [0.2, 0.25) is 10.0 Å². The van der Waals surface area contributed by atoms with E-state index >= 15 is 0 Å². The van der Waals surface area contributed by atoms with Crippen molar-refractivity contribution in [3.63, 3.8) is 0 Å². The van der Waals surface area contributed by atoms with Gasteiger partial charge in [-0.15, -0.1) is 0 Å². The minimum atomic E-state index is 0.474. The van der Waals surface area contributed by atoms with E-state index < -0.39 is 0 Å². The number of nitrogens with zero attached hydrogens (tertiary/aromatic N) is 1. The predicted octanol–water partition coefficient (Wildman–Crippen LogP) is 5.37. The first-order valence-electron chi connectivity index (χ1n) is 6.15. The molecule has 0 aliphatic heterocycles. The highest BCUT2D eigenvalue weighted by atomic mass is 35.5. The Balaban J connectivity index is 2.29. The van der Waals surface area contributed by atoms with E-state index in [4.69, 9.17) is 27.9 Å². The number of ether oxygens (including phenoxy) is 1. The first-order valence-corrected chi connectivity index (χ1v) is 6.91. The molecule has 20 heavy (non-hydrogen) atoms. The first kappa shape index (κ1) is 14.9. The fourth-order valence-electron chi connectivity index (χ4n) is 1.80. The highest BCUT2D eigenvalue weighted by Crippen LogP contribution is 2.33. The van der Waals surface area contributed by atoms with Crippen LogP contribution in [0.25, 0.3) is 0 Å². The van der Waals surface area contributed by atoms with E-state index in [0.717, 1.165) is 11.3 Å². The van der Waals surface area contributed by atoms with Crippen molar-refractivity contribution in [1.29, 1.82) is 0 Å². The van der Waals surface area contributed by atoms with E-state index in [1.165, 1.54) is 18.2 Å². The van der Waals surface area contributed by atoms with Crippen molar-refractivity contribution < 1.29 is 4.74 Å². The van der Waals surface area contributed by atoms with Crippen LogP contribution >= 0.6 is 23.2 Å². The summed E-state index contributed by atoms with van der Waals surface area (Å²) >= 11 is 12.2.